The number of rotatable bonds is 3. The van der Waals surface area contributed by atoms with Crippen molar-refractivity contribution in [2.24, 2.45) is 0 Å². The normalized spacial score (nSPS) is 22.9. The van der Waals surface area contributed by atoms with E-state index in [0.717, 1.165) is 17.1 Å². The minimum Gasteiger partial charge on any atom is -0.508 e. The highest BCUT2D eigenvalue weighted by atomic mass is 32.2. The van der Waals surface area contributed by atoms with Gasteiger partial charge in [0.25, 0.3) is 0 Å². The molecule has 20 heavy (non-hydrogen) atoms. The summed E-state index contributed by atoms with van der Waals surface area (Å²) < 4.78 is 5.35. The molecule has 3 rings (SSSR count). The van der Waals surface area contributed by atoms with E-state index in [1.165, 1.54) is 5.75 Å². The first-order chi connectivity index (χ1) is 9.72. The van der Waals surface area contributed by atoms with Gasteiger partial charge in [0, 0.05) is 16.8 Å². The van der Waals surface area contributed by atoms with Crippen molar-refractivity contribution < 1.29 is 9.63 Å². The number of nitrogens with zero attached hydrogens (tertiary/aromatic N) is 2. The van der Waals surface area contributed by atoms with Crippen LogP contribution in [0.3, 0.4) is 0 Å². The van der Waals surface area contributed by atoms with Gasteiger partial charge >= 0.3 is 0 Å². The molecule has 2 atom stereocenters. The van der Waals surface area contributed by atoms with Crippen molar-refractivity contribution in [3.8, 4) is 5.75 Å². The third kappa shape index (κ3) is 3.12. The summed E-state index contributed by atoms with van der Waals surface area (Å²) in [7, 11) is 0. The molecule has 1 N–H and O–H groups in total. The summed E-state index contributed by atoms with van der Waals surface area (Å²) in [5.41, 5.74) is 1.05. The molecular weight excluding hydrogens is 292 g/mol. The van der Waals surface area contributed by atoms with E-state index in [1.807, 2.05) is 35.7 Å². The van der Waals surface area contributed by atoms with Crippen molar-refractivity contribution in [1.82, 2.24) is 10.1 Å². The van der Waals surface area contributed by atoms with Gasteiger partial charge in [0.15, 0.2) is 5.82 Å². The van der Waals surface area contributed by atoms with Crippen LogP contribution in [0.25, 0.3) is 0 Å². The van der Waals surface area contributed by atoms with Crippen molar-refractivity contribution in [2.45, 2.75) is 23.8 Å². The van der Waals surface area contributed by atoms with E-state index in [4.69, 9.17) is 4.52 Å². The molecule has 0 bridgehead atoms. The second-order valence-corrected chi connectivity index (χ2v) is 7.49. The molecule has 4 nitrogen and oxygen atoms in total. The molecule has 0 amide bonds. The van der Waals surface area contributed by atoms with E-state index in [2.05, 4.69) is 17.1 Å². The summed E-state index contributed by atoms with van der Waals surface area (Å²) in [6.07, 6.45) is 0.603. The molecule has 2 unspecified atom stereocenters. The second kappa shape index (κ2) is 6.10. The smallest absolute Gasteiger partial charge is 0.231 e. The summed E-state index contributed by atoms with van der Waals surface area (Å²) in [4.78, 5) is 4.53. The summed E-state index contributed by atoms with van der Waals surface area (Å²) in [6.45, 7) is 2.22. The lowest BCUT2D eigenvalue weighted by Crippen LogP contribution is -2.16. The first-order valence-corrected chi connectivity index (χ1v) is 8.66. The predicted molar refractivity (Wildman–Crippen MR) is 82.3 cm³/mol. The Morgan fingerprint density at radius 2 is 2.00 bits per heavy atom. The van der Waals surface area contributed by atoms with Crippen molar-refractivity contribution >= 4 is 23.5 Å². The van der Waals surface area contributed by atoms with Crippen LogP contribution in [0.5, 0.6) is 5.75 Å². The van der Waals surface area contributed by atoms with Gasteiger partial charge in [-0.1, -0.05) is 24.2 Å². The Morgan fingerprint density at radius 1 is 1.25 bits per heavy atom. The Balaban J connectivity index is 1.71. The Kier molecular flexibility index (Phi) is 4.21. The number of benzene rings is 1. The maximum absolute atomic E-state index is 9.27. The SMILES string of the molecule is CC1SCCSC1c1noc(Cc2ccc(O)cc2)n1. The third-order valence-corrected chi connectivity index (χ3v) is 6.30. The molecular formula is C14H16N2O2S2. The molecule has 0 aliphatic carbocycles. The topological polar surface area (TPSA) is 59.2 Å². The lowest BCUT2D eigenvalue weighted by Gasteiger charge is -2.24. The number of hydrogen-bond acceptors (Lipinski definition) is 6. The zero-order valence-electron chi connectivity index (χ0n) is 11.2. The van der Waals surface area contributed by atoms with Gasteiger partial charge in [-0.05, 0) is 17.7 Å². The van der Waals surface area contributed by atoms with E-state index in [-0.39, 0.29) is 5.75 Å². The van der Waals surface area contributed by atoms with Gasteiger partial charge in [-0.25, -0.2) is 0 Å². The molecule has 0 radical (unpaired) electrons. The van der Waals surface area contributed by atoms with Gasteiger partial charge in [-0.3, -0.25) is 0 Å². The Morgan fingerprint density at radius 3 is 2.75 bits per heavy atom. The quantitative estimate of drug-likeness (QED) is 0.939. The molecule has 1 saturated heterocycles. The monoisotopic (exact) mass is 308 g/mol. The molecule has 1 fully saturated rings. The molecule has 1 aromatic heterocycles. The molecule has 2 heterocycles. The number of hydrogen-bond donors (Lipinski definition) is 1. The van der Waals surface area contributed by atoms with Crippen LogP contribution < -0.4 is 0 Å². The van der Waals surface area contributed by atoms with Crippen LogP contribution in [0, 0.1) is 0 Å². The molecule has 6 heteroatoms. The molecule has 1 aliphatic rings. The largest absolute Gasteiger partial charge is 0.508 e. The third-order valence-electron chi connectivity index (χ3n) is 3.22. The minimum absolute atomic E-state index is 0.268. The number of phenolic OH excluding ortho intramolecular Hbond substituents is 1. The summed E-state index contributed by atoms with van der Waals surface area (Å²) in [5.74, 6) is 4.05. The van der Waals surface area contributed by atoms with Crippen molar-refractivity contribution in [3.63, 3.8) is 0 Å². The predicted octanol–water partition coefficient (Wildman–Crippen LogP) is 3.28. The van der Waals surface area contributed by atoms with Gasteiger partial charge in [-0.15, -0.1) is 11.8 Å². The zero-order valence-corrected chi connectivity index (χ0v) is 12.8. The van der Waals surface area contributed by atoms with Gasteiger partial charge < -0.3 is 9.63 Å². The van der Waals surface area contributed by atoms with Gasteiger partial charge in [0.2, 0.25) is 5.89 Å². The molecule has 2 aromatic rings. The summed E-state index contributed by atoms with van der Waals surface area (Å²) in [6, 6.07) is 7.07. The minimum atomic E-state index is 0.268. The van der Waals surface area contributed by atoms with Gasteiger partial charge in [-0.2, -0.15) is 16.7 Å². The Hall–Kier alpha value is -1.14. The fourth-order valence-electron chi connectivity index (χ4n) is 2.16. The number of aromatic hydroxyl groups is 1. The summed E-state index contributed by atoms with van der Waals surface area (Å²) in [5, 5.41) is 14.3. The zero-order chi connectivity index (χ0) is 13.9. The van der Waals surface area contributed by atoms with E-state index in [9.17, 15) is 5.11 Å². The van der Waals surface area contributed by atoms with Gasteiger partial charge in [0.1, 0.15) is 5.75 Å². The van der Waals surface area contributed by atoms with E-state index in [0.29, 0.717) is 22.8 Å². The first-order valence-electron chi connectivity index (χ1n) is 6.56. The highest BCUT2D eigenvalue weighted by molar-refractivity contribution is 8.06. The number of phenols is 1. The van der Waals surface area contributed by atoms with Crippen LogP contribution in [0.2, 0.25) is 0 Å². The lowest BCUT2D eigenvalue weighted by atomic mass is 10.1. The molecule has 0 saturated carbocycles. The molecule has 106 valence electrons. The lowest BCUT2D eigenvalue weighted by molar-refractivity contribution is 0.379. The Bertz CT molecular complexity index is 571. The van der Waals surface area contributed by atoms with Gasteiger partial charge in [0.05, 0.1) is 11.7 Å². The second-order valence-electron chi connectivity index (χ2n) is 4.76. The van der Waals surface area contributed by atoms with Crippen molar-refractivity contribution in [1.29, 1.82) is 0 Å². The van der Waals surface area contributed by atoms with E-state index in [1.54, 1.807) is 12.1 Å². The van der Waals surface area contributed by atoms with Crippen LogP contribution in [-0.4, -0.2) is 32.0 Å². The van der Waals surface area contributed by atoms with Crippen LogP contribution in [-0.2, 0) is 6.42 Å². The standard InChI is InChI=1S/C14H16N2O2S2/c1-9-13(20-7-6-19-9)14-15-12(18-16-14)8-10-2-4-11(17)5-3-10/h2-5,9,13,17H,6-8H2,1H3. The van der Waals surface area contributed by atoms with E-state index < -0.39 is 0 Å². The average molecular weight is 308 g/mol. The van der Waals surface area contributed by atoms with Crippen LogP contribution in [0.15, 0.2) is 28.8 Å². The highest BCUT2D eigenvalue weighted by Crippen LogP contribution is 2.41. The Labute approximate surface area is 126 Å². The first kappa shape index (κ1) is 13.8. The molecule has 1 aliphatic heterocycles. The number of thioether (sulfide) groups is 2. The maximum Gasteiger partial charge on any atom is 0.231 e. The van der Waals surface area contributed by atoms with Crippen LogP contribution in [0.1, 0.15) is 29.5 Å². The highest BCUT2D eigenvalue weighted by Gasteiger charge is 2.28. The van der Waals surface area contributed by atoms with Crippen LogP contribution >= 0.6 is 23.5 Å². The summed E-state index contributed by atoms with van der Waals surface area (Å²) >= 11 is 3.87. The average Bonchev–Trinajstić information content (AvgIpc) is 2.90. The van der Waals surface area contributed by atoms with Crippen molar-refractivity contribution in [2.75, 3.05) is 11.5 Å². The maximum atomic E-state index is 9.27. The fraction of sp³-hybridized carbons (Fsp3) is 0.429. The molecule has 1 aromatic carbocycles. The van der Waals surface area contributed by atoms with Crippen LogP contribution in [0.4, 0.5) is 0 Å². The van der Waals surface area contributed by atoms with E-state index >= 15 is 0 Å². The number of aromatic nitrogens is 2. The van der Waals surface area contributed by atoms with Crippen molar-refractivity contribution in [3.05, 3.63) is 41.5 Å². The molecule has 0 spiro atoms. The fourth-order valence-corrected chi connectivity index (χ4v) is 4.84.